The van der Waals surface area contributed by atoms with Gasteiger partial charge < -0.3 is 10.6 Å². The van der Waals surface area contributed by atoms with Gasteiger partial charge in [-0.25, -0.2) is 13.4 Å². The maximum atomic E-state index is 12.5. The summed E-state index contributed by atoms with van der Waals surface area (Å²) in [6.07, 6.45) is 14.5. The van der Waals surface area contributed by atoms with Crippen molar-refractivity contribution in [2.45, 2.75) is 94.3 Å². The Morgan fingerprint density at radius 2 is 1.75 bits per heavy atom. The summed E-state index contributed by atoms with van der Waals surface area (Å²) in [4.78, 5) is 21.5. The molecule has 0 saturated heterocycles. The van der Waals surface area contributed by atoms with Crippen molar-refractivity contribution < 1.29 is 13.2 Å². The predicted octanol–water partition coefficient (Wildman–Crippen LogP) is 4.74. The molecule has 0 unspecified atom stereocenters. The van der Waals surface area contributed by atoms with Crippen molar-refractivity contribution >= 4 is 33.2 Å². The Morgan fingerprint density at radius 3 is 2.47 bits per heavy atom. The van der Waals surface area contributed by atoms with Crippen molar-refractivity contribution in [2.75, 3.05) is 16.9 Å². The highest BCUT2D eigenvalue weighted by Gasteiger charge is 2.37. The van der Waals surface area contributed by atoms with Crippen LogP contribution < -0.4 is 10.6 Å². The second-order valence-corrected chi connectivity index (χ2v) is 13.5. The number of sulfone groups is 1. The maximum Gasteiger partial charge on any atom is 0.224 e. The molecule has 2 heterocycles. The lowest BCUT2D eigenvalue weighted by Crippen LogP contribution is -2.36. The Morgan fingerprint density at radius 1 is 1.03 bits per heavy atom. The summed E-state index contributed by atoms with van der Waals surface area (Å²) in [6.45, 7) is 0. The van der Waals surface area contributed by atoms with Crippen molar-refractivity contribution in [1.29, 1.82) is 0 Å². The monoisotopic (exact) mass is 514 g/mol. The molecule has 0 radical (unpaired) electrons. The molecule has 0 atom stereocenters. The second kappa shape index (κ2) is 10.9. The molecule has 10 heteroatoms. The molecule has 0 spiro atoms. The van der Waals surface area contributed by atoms with Gasteiger partial charge in [-0.3, -0.25) is 9.89 Å². The Kier molecular flexibility index (Phi) is 7.60. The van der Waals surface area contributed by atoms with Gasteiger partial charge in [-0.15, -0.1) is 0 Å². The van der Waals surface area contributed by atoms with Crippen LogP contribution in [0.4, 0.5) is 17.6 Å². The lowest BCUT2D eigenvalue weighted by molar-refractivity contribution is -0.121. The molecule has 0 aliphatic heterocycles. The molecule has 36 heavy (non-hydrogen) atoms. The Labute approximate surface area is 213 Å². The topological polar surface area (TPSA) is 130 Å². The molecule has 3 saturated carbocycles. The zero-order chi connectivity index (χ0) is 25.1. The Balaban J connectivity index is 1.04. The number of hydrogen-bond donors (Lipinski definition) is 3. The second-order valence-electron chi connectivity index (χ2n) is 11.2. The van der Waals surface area contributed by atoms with Crippen LogP contribution in [0.3, 0.4) is 0 Å². The minimum absolute atomic E-state index is 0.235. The van der Waals surface area contributed by atoms with E-state index in [2.05, 4.69) is 36.9 Å². The summed E-state index contributed by atoms with van der Waals surface area (Å²) < 4.78 is 23.1. The molecule has 0 bridgehead atoms. The summed E-state index contributed by atoms with van der Waals surface area (Å²) in [7, 11) is -2.95. The minimum Gasteiger partial charge on any atom is -0.351 e. The summed E-state index contributed by atoms with van der Waals surface area (Å²) >= 11 is 0. The van der Waals surface area contributed by atoms with Crippen LogP contribution in [-0.4, -0.2) is 51.9 Å². The number of rotatable bonds is 10. The lowest BCUT2D eigenvalue weighted by Gasteiger charge is -2.34. The average molecular weight is 515 g/mol. The molecule has 0 amide bonds. The standard InChI is InChI=1S/C26H38N6O3S/c1-36(34,35)22-14-18(15-22)13-21(33)12-17-6-8-20(9-7-17)28-26-27-11-10-24(30-26)29-25-16-23(31-32-25)19-4-2-3-5-19/h10-11,16-20,22H,2-9,12-15H2,1H3,(H3,27,28,29,30,31,32). The van der Waals surface area contributed by atoms with Crippen LogP contribution in [0.5, 0.6) is 0 Å². The van der Waals surface area contributed by atoms with Gasteiger partial charge in [-0.1, -0.05) is 12.8 Å². The predicted molar refractivity (Wildman–Crippen MR) is 140 cm³/mol. The van der Waals surface area contributed by atoms with Crippen LogP contribution in [-0.2, 0) is 14.6 Å². The van der Waals surface area contributed by atoms with Gasteiger partial charge in [0.1, 0.15) is 21.4 Å². The van der Waals surface area contributed by atoms with Crippen LogP contribution >= 0.6 is 0 Å². The first-order valence-electron chi connectivity index (χ1n) is 13.4. The fourth-order valence-corrected chi connectivity index (χ4v) is 7.33. The first kappa shape index (κ1) is 25.2. The number of ketones is 1. The lowest BCUT2D eigenvalue weighted by atomic mass is 9.78. The number of H-pyrrole nitrogens is 1. The van der Waals surface area contributed by atoms with Crippen molar-refractivity contribution in [3.05, 3.63) is 24.0 Å². The van der Waals surface area contributed by atoms with Crippen LogP contribution in [0.25, 0.3) is 0 Å². The van der Waals surface area contributed by atoms with E-state index in [1.165, 1.54) is 37.6 Å². The molecule has 0 aromatic carbocycles. The Hall–Kier alpha value is -2.49. The largest absolute Gasteiger partial charge is 0.351 e. The van der Waals surface area contributed by atoms with E-state index in [0.29, 0.717) is 61.1 Å². The van der Waals surface area contributed by atoms with E-state index in [9.17, 15) is 13.2 Å². The number of anilines is 3. The molecular formula is C26H38N6O3S. The van der Waals surface area contributed by atoms with E-state index >= 15 is 0 Å². The van der Waals surface area contributed by atoms with Gasteiger partial charge in [-0.2, -0.15) is 10.1 Å². The summed E-state index contributed by atoms with van der Waals surface area (Å²) in [5.74, 6) is 3.65. The van der Waals surface area contributed by atoms with Crippen molar-refractivity contribution in [3.8, 4) is 0 Å². The molecule has 9 nitrogen and oxygen atoms in total. The van der Waals surface area contributed by atoms with Gasteiger partial charge in [0.2, 0.25) is 5.95 Å². The first-order chi connectivity index (χ1) is 17.3. The average Bonchev–Trinajstić information content (AvgIpc) is 3.49. The first-order valence-corrected chi connectivity index (χ1v) is 15.4. The molecule has 3 N–H and O–H groups in total. The molecule has 2 aromatic heterocycles. The van der Waals surface area contributed by atoms with E-state index in [1.54, 1.807) is 6.20 Å². The maximum absolute atomic E-state index is 12.5. The van der Waals surface area contributed by atoms with E-state index in [4.69, 9.17) is 0 Å². The molecule has 2 aromatic rings. The van der Waals surface area contributed by atoms with E-state index in [1.807, 2.05) is 6.07 Å². The number of aromatic nitrogens is 4. The van der Waals surface area contributed by atoms with Crippen molar-refractivity contribution in [1.82, 2.24) is 20.2 Å². The number of aromatic amines is 1. The summed E-state index contributed by atoms with van der Waals surface area (Å²) in [6, 6.07) is 4.23. The fourth-order valence-electron chi connectivity index (χ4n) is 6.09. The third kappa shape index (κ3) is 6.44. The van der Waals surface area contributed by atoms with Crippen LogP contribution in [0.2, 0.25) is 0 Å². The number of carbonyl (C=O) groups excluding carboxylic acids is 1. The highest BCUT2D eigenvalue weighted by atomic mass is 32.2. The summed E-state index contributed by atoms with van der Waals surface area (Å²) in [5.41, 5.74) is 1.20. The third-order valence-corrected chi connectivity index (χ3v) is 9.91. The molecule has 3 aliphatic rings. The van der Waals surface area contributed by atoms with E-state index in [0.717, 1.165) is 31.5 Å². The number of hydrogen-bond acceptors (Lipinski definition) is 8. The molecule has 196 valence electrons. The number of nitrogens with one attached hydrogen (secondary N) is 3. The quantitative estimate of drug-likeness (QED) is 0.414. The normalized spacial score (nSPS) is 26.9. The highest BCUT2D eigenvalue weighted by Crippen LogP contribution is 2.37. The van der Waals surface area contributed by atoms with Crippen LogP contribution in [0.1, 0.15) is 88.7 Å². The van der Waals surface area contributed by atoms with E-state index in [-0.39, 0.29) is 11.2 Å². The van der Waals surface area contributed by atoms with Crippen molar-refractivity contribution in [2.24, 2.45) is 11.8 Å². The van der Waals surface area contributed by atoms with Crippen LogP contribution in [0.15, 0.2) is 18.3 Å². The SMILES string of the molecule is CS(=O)(=O)C1CC(CC(=O)CC2CCC(Nc3nccc(Nc4cc(C5CCCC5)[nH]n4)n3)CC2)C1. The molecule has 3 fully saturated rings. The molecular weight excluding hydrogens is 476 g/mol. The molecule has 3 aliphatic carbocycles. The number of Topliss-reactive ketones (excluding diaryl/α,β-unsaturated/α-hetero) is 1. The van der Waals surface area contributed by atoms with Gasteiger partial charge in [-0.05, 0) is 69.3 Å². The Bertz CT molecular complexity index is 1150. The highest BCUT2D eigenvalue weighted by molar-refractivity contribution is 7.91. The minimum atomic E-state index is -2.95. The number of nitrogens with zero attached hydrogens (tertiary/aromatic N) is 3. The van der Waals surface area contributed by atoms with Crippen molar-refractivity contribution in [3.63, 3.8) is 0 Å². The van der Waals surface area contributed by atoms with E-state index < -0.39 is 9.84 Å². The van der Waals surface area contributed by atoms with Gasteiger partial charge >= 0.3 is 0 Å². The zero-order valence-corrected chi connectivity index (χ0v) is 21.9. The van der Waals surface area contributed by atoms with Gasteiger partial charge in [0.05, 0.1) is 5.25 Å². The summed E-state index contributed by atoms with van der Waals surface area (Å²) in [5, 5.41) is 14.1. The van der Waals surface area contributed by atoms with Gasteiger partial charge in [0.15, 0.2) is 5.82 Å². The van der Waals surface area contributed by atoms with Gasteiger partial charge in [0.25, 0.3) is 0 Å². The fraction of sp³-hybridized carbons (Fsp3) is 0.692. The smallest absolute Gasteiger partial charge is 0.224 e. The van der Waals surface area contributed by atoms with Crippen LogP contribution in [0, 0.1) is 11.8 Å². The third-order valence-electron chi connectivity index (χ3n) is 8.32. The zero-order valence-electron chi connectivity index (χ0n) is 21.1. The molecule has 5 rings (SSSR count). The van der Waals surface area contributed by atoms with Gasteiger partial charge in [0, 0.05) is 49.0 Å². The number of carbonyl (C=O) groups is 1.